The summed E-state index contributed by atoms with van der Waals surface area (Å²) in [5.41, 5.74) is 1.08. The molecule has 0 aliphatic heterocycles. The first-order chi connectivity index (χ1) is 11.4. The fraction of sp³-hybridized carbons (Fsp3) is 0.706. The number of hydrogen-bond acceptors (Lipinski definition) is 4. The van der Waals surface area contributed by atoms with Gasteiger partial charge in [-0.25, -0.2) is 4.98 Å². The molecule has 1 saturated carbocycles. The molecule has 1 aromatic heterocycles. The van der Waals surface area contributed by atoms with E-state index in [-0.39, 0.29) is 35.8 Å². The number of carbonyl (C=O) groups excluding carboxylic acids is 1. The van der Waals surface area contributed by atoms with Gasteiger partial charge in [0.1, 0.15) is 0 Å². The van der Waals surface area contributed by atoms with Gasteiger partial charge in [-0.2, -0.15) is 0 Å². The Balaban J connectivity index is 0.00000312. The van der Waals surface area contributed by atoms with Gasteiger partial charge in [-0.05, 0) is 33.1 Å². The summed E-state index contributed by atoms with van der Waals surface area (Å²) in [7, 11) is 5.45. The number of aliphatic imine (C=N–C) groups is 1. The fourth-order valence-electron chi connectivity index (χ4n) is 3.20. The maximum absolute atomic E-state index is 12.2. The second-order valence-electron chi connectivity index (χ2n) is 6.60. The second-order valence-corrected chi connectivity index (χ2v) is 7.89. The fourth-order valence-corrected chi connectivity index (χ4v) is 4.08. The van der Waals surface area contributed by atoms with Gasteiger partial charge in [0, 0.05) is 38.0 Å². The second kappa shape index (κ2) is 10.3. The number of amides is 1. The zero-order chi connectivity index (χ0) is 17.7. The smallest absolute Gasteiger partial charge is 0.225 e. The molecule has 0 saturated heterocycles. The van der Waals surface area contributed by atoms with Crippen LogP contribution < -0.4 is 10.6 Å². The molecule has 8 heteroatoms. The molecule has 2 rings (SSSR count). The van der Waals surface area contributed by atoms with Crippen LogP contribution >= 0.6 is 35.3 Å². The summed E-state index contributed by atoms with van der Waals surface area (Å²) >= 11 is 1.71. The van der Waals surface area contributed by atoms with Crippen LogP contribution in [0.4, 0.5) is 0 Å². The predicted octanol–water partition coefficient (Wildman–Crippen LogP) is 2.69. The van der Waals surface area contributed by atoms with E-state index in [0.717, 1.165) is 48.9 Å². The SMILES string of the molecule is CN=C(NCc1sc(C)nc1C)NC1CCCC(C(=O)N(C)C)C1.I. The first-order valence-electron chi connectivity index (χ1n) is 8.52. The third kappa shape index (κ3) is 6.40. The summed E-state index contributed by atoms with van der Waals surface area (Å²) in [6.45, 7) is 4.79. The van der Waals surface area contributed by atoms with Gasteiger partial charge in [-0.15, -0.1) is 35.3 Å². The molecule has 1 aliphatic carbocycles. The lowest BCUT2D eigenvalue weighted by Crippen LogP contribution is -2.46. The van der Waals surface area contributed by atoms with Crippen molar-refractivity contribution in [1.82, 2.24) is 20.5 Å². The van der Waals surface area contributed by atoms with E-state index in [1.165, 1.54) is 4.88 Å². The molecule has 2 atom stereocenters. The number of thiazole rings is 1. The highest BCUT2D eigenvalue weighted by Crippen LogP contribution is 2.25. The minimum absolute atomic E-state index is 0. The molecule has 0 radical (unpaired) electrons. The summed E-state index contributed by atoms with van der Waals surface area (Å²) in [5.74, 6) is 1.15. The zero-order valence-electron chi connectivity index (χ0n) is 15.8. The maximum atomic E-state index is 12.2. The molecule has 1 aromatic rings. The van der Waals surface area contributed by atoms with Gasteiger partial charge in [-0.1, -0.05) is 6.42 Å². The van der Waals surface area contributed by atoms with Crippen molar-refractivity contribution in [3.63, 3.8) is 0 Å². The van der Waals surface area contributed by atoms with E-state index in [1.807, 2.05) is 27.9 Å². The largest absolute Gasteiger partial charge is 0.354 e. The molecule has 2 N–H and O–H groups in total. The van der Waals surface area contributed by atoms with Crippen molar-refractivity contribution in [2.75, 3.05) is 21.1 Å². The normalized spacial score (nSPS) is 20.6. The predicted molar refractivity (Wildman–Crippen MR) is 115 cm³/mol. The van der Waals surface area contributed by atoms with Crippen LogP contribution in [0.1, 0.15) is 41.3 Å². The van der Waals surface area contributed by atoms with Crippen molar-refractivity contribution >= 4 is 47.2 Å². The third-order valence-corrected chi connectivity index (χ3v) is 5.52. The summed E-state index contributed by atoms with van der Waals surface area (Å²) in [6, 6.07) is 0.295. The van der Waals surface area contributed by atoms with Crippen LogP contribution in [0.25, 0.3) is 0 Å². The van der Waals surface area contributed by atoms with E-state index in [4.69, 9.17) is 0 Å². The Morgan fingerprint density at radius 3 is 2.64 bits per heavy atom. The maximum Gasteiger partial charge on any atom is 0.225 e. The number of nitrogens with one attached hydrogen (secondary N) is 2. The van der Waals surface area contributed by atoms with Crippen molar-refractivity contribution in [2.24, 2.45) is 10.9 Å². The first kappa shape index (κ1) is 22.1. The average molecular weight is 479 g/mol. The lowest BCUT2D eigenvalue weighted by molar-refractivity contribution is -0.134. The molecule has 6 nitrogen and oxygen atoms in total. The molecular weight excluding hydrogens is 449 g/mol. The van der Waals surface area contributed by atoms with Crippen LogP contribution in [0.15, 0.2) is 4.99 Å². The molecular formula is C17H30IN5OS. The Labute approximate surface area is 171 Å². The Bertz CT molecular complexity index is 602. The Morgan fingerprint density at radius 2 is 2.08 bits per heavy atom. The summed E-state index contributed by atoms with van der Waals surface area (Å²) in [5, 5.41) is 7.93. The van der Waals surface area contributed by atoms with Crippen LogP contribution in [-0.2, 0) is 11.3 Å². The van der Waals surface area contributed by atoms with Crippen LogP contribution in [0.5, 0.6) is 0 Å². The minimum Gasteiger partial charge on any atom is -0.354 e. The number of aryl methyl sites for hydroxylation is 2. The van der Waals surface area contributed by atoms with Crippen LogP contribution in [-0.4, -0.2) is 48.9 Å². The van der Waals surface area contributed by atoms with Crippen molar-refractivity contribution in [1.29, 1.82) is 0 Å². The Kier molecular flexibility index (Phi) is 9.12. The van der Waals surface area contributed by atoms with Crippen molar-refractivity contribution < 1.29 is 4.79 Å². The van der Waals surface area contributed by atoms with Crippen molar-refractivity contribution in [3.8, 4) is 0 Å². The molecule has 2 unspecified atom stereocenters. The Hall–Kier alpha value is -0.900. The number of hydrogen-bond donors (Lipinski definition) is 2. The van der Waals surface area contributed by atoms with Crippen molar-refractivity contribution in [2.45, 2.75) is 52.1 Å². The topological polar surface area (TPSA) is 69.6 Å². The average Bonchev–Trinajstić information content (AvgIpc) is 2.88. The molecule has 25 heavy (non-hydrogen) atoms. The third-order valence-electron chi connectivity index (χ3n) is 4.44. The summed E-state index contributed by atoms with van der Waals surface area (Å²) in [4.78, 5) is 23.9. The number of rotatable bonds is 4. The number of aromatic nitrogens is 1. The highest BCUT2D eigenvalue weighted by molar-refractivity contribution is 14.0. The van der Waals surface area contributed by atoms with E-state index in [1.54, 1.807) is 23.3 Å². The number of nitrogens with zero attached hydrogens (tertiary/aromatic N) is 3. The van der Waals surface area contributed by atoms with E-state index < -0.39 is 0 Å². The molecule has 1 heterocycles. The zero-order valence-corrected chi connectivity index (χ0v) is 18.9. The molecule has 0 spiro atoms. The van der Waals surface area contributed by atoms with E-state index in [9.17, 15) is 4.79 Å². The quantitative estimate of drug-likeness (QED) is 0.396. The highest BCUT2D eigenvalue weighted by atomic mass is 127. The van der Waals surface area contributed by atoms with Gasteiger partial charge < -0.3 is 15.5 Å². The van der Waals surface area contributed by atoms with Crippen molar-refractivity contribution in [3.05, 3.63) is 15.6 Å². The van der Waals surface area contributed by atoms with Gasteiger partial charge in [-0.3, -0.25) is 9.79 Å². The van der Waals surface area contributed by atoms with Gasteiger partial charge in [0.25, 0.3) is 0 Å². The summed E-state index contributed by atoms with van der Waals surface area (Å²) in [6.07, 6.45) is 4.01. The molecule has 1 fully saturated rings. The van der Waals surface area contributed by atoms with E-state index in [0.29, 0.717) is 6.04 Å². The molecule has 0 bridgehead atoms. The van der Waals surface area contributed by atoms with Gasteiger partial charge in [0.15, 0.2) is 5.96 Å². The first-order valence-corrected chi connectivity index (χ1v) is 9.33. The van der Waals surface area contributed by atoms with Crippen LogP contribution in [0.2, 0.25) is 0 Å². The lowest BCUT2D eigenvalue weighted by Gasteiger charge is -2.31. The van der Waals surface area contributed by atoms with Crippen LogP contribution in [0.3, 0.4) is 0 Å². The summed E-state index contributed by atoms with van der Waals surface area (Å²) < 4.78 is 0. The highest BCUT2D eigenvalue weighted by Gasteiger charge is 2.28. The van der Waals surface area contributed by atoms with Crippen LogP contribution in [0, 0.1) is 19.8 Å². The lowest BCUT2D eigenvalue weighted by atomic mass is 9.85. The molecule has 0 aromatic carbocycles. The standard InChI is InChI=1S/C17H29N5OS.HI/c1-11-15(24-12(2)20-11)10-19-17(18-3)21-14-8-6-7-13(9-14)16(23)22(4)5;/h13-14H,6-10H2,1-5H3,(H2,18,19,21);1H. The molecule has 1 aliphatic rings. The van der Waals surface area contributed by atoms with E-state index in [2.05, 4.69) is 20.6 Å². The number of halogens is 1. The minimum atomic E-state index is 0. The number of guanidine groups is 1. The van der Waals surface area contributed by atoms with Gasteiger partial charge in [0.05, 0.1) is 17.2 Å². The molecule has 1 amide bonds. The Morgan fingerprint density at radius 1 is 1.36 bits per heavy atom. The number of carbonyl (C=O) groups is 1. The van der Waals surface area contributed by atoms with E-state index >= 15 is 0 Å². The van der Waals surface area contributed by atoms with Gasteiger partial charge in [0.2, 0.25) is 5.91 Å². The van der Waals surface area contributed by atoms with Gasteiger partial charge >= 0.3 is 0 Å². The monoisotopic (exact) mass is 479 g/mol. The molecule has 142 valence electrons.